The zero-order chi connectivity index (χ0) is 14.3. The number of ether oxygens (including phenoxy) is 1. The van der Waals surface area contributed by atoms with Crippen molar-refractivity contribution in [2.75, 3.05) is 0 Å². The number of nitrogens with one attached hydrogen (secondary N) is 1. The number of aromatic hydroxyl groups is 1. The smallest absolute Gasteiger partial charge is 0.511 e. The molecule has 2 heterocycles. The molecule has 0 unspecified atom stereocenters. The molecule has 10 heteroatoms. The van der Waals surface area contributed by atoms with Gasteiger partial charge in [-0.25, -0.2) is 0 Å². The normalized spacial score (nSPS) is 33.5. The molecule has 0 aromatic carbocycles. The first-order chi connectivity index (χ1) is 8.82. The van der Waals surface area contributed by atoms with Crippen molar-refractivity contribution in [2.24, 2.45) is 0 Å². The van der Waals surface area contributed by atoms with Crippen molar-refractivity contribution in [3.8, 4) is 5.88 Å². The number of hydrogen-bond acceptors (Lipinski definition) is 7. The van der Waals surface area contributed by atoms with Crippen molar-refractivity contribution in [2.45, 2.75) is 37.4 Å². The molecule has 1 aliphatic heterocycles. The van der Waals surface area contributed by atoms with Gasteiger partial charge in [0, 0.05) is 0 Å². The average Bonchev–Trinajstić information content (AvgIpc) is 2.31. The summed E-state index contributed by atoms with van der Waals surface area (Å²) in [6.07, 6.45) is -6.81. The van der Waals surface area contributed by atoms with Gasteiger partial charge in [0.15, 0.2) is 11.2 Å². The van der Waals surface area contributed by atoms with Gasteiger partial charge in [-0.3, -0.25) is 9.59 Å². The Morgan fingerprint density at radius 2 is 1.75 bits per heavy atom. The average molecular weight is 296 g/mol. The molecule has 0 spiro atoms. The van der Waals surface area contributed by atoms with E-state index in [-0.39, 0.29) is 29.6 Å². The van der Waals surface area contributed by atoms with E-state index in [9.17, 15) is 30.0 Å². The molecule has 0 bridgehead atoms. The van der Waals surface area contributed by atoms with Gasteiger partial charge in [0.1, 0.15) is 30.3 Å². The molecule has 0 aliphatic carbocycles. The topological polar surface area (TPSA) is 154 Å². The summed E-state index contributed by atoms with van der Waals surface area (Å²) in [4.78, 5) is 27.4. The predicted octanol–water partition coefficient (Wildman–Crippen LogP) is -6.06. The fourth-order valence-electron chi connectivity index (χ4n) is 2.00. The van der Waals surface area contributed by atoms with Crippen LogP contribution in [-0.4, -0.2) is 49.8 Å². The molecule has 0 amide bonds. The summed E-state index contributed by atoms with van der Waals surface area (Å²) < 4.78 is 5.19. The van der Waals surface area contributed by atoms with Gasteiger partial charge < -0.3 is 35.1 Å². The molecule has 9 nitrogen and oxygen atoms in total. The van der Waals surface area contributed by atoms with Crippen molar-refractivity contribution in [3.63, 3.8) is 0 Å². The maximum atomic E-state index is 11.6. The van der Waals surface area contributed by atoms with Crippen LogP contribution in [0, 0.1) is 0 Å². The maximum absolute atomic E-state index is 11.6. The van der Waals surface area contributed by atoms with E-state index in [1.54, 1.807) is 0 Å². The van der Waals surface area contributed by atoms with Crippen LogP contribution in [0.2, 0.25) is 0 Å². The first-order valence-electron chi connectivity index (χ1n) is 5.52. The molecule has 1 aromatic heterocycles. The van der Waals surface area contributed by atoms with Crippen LogP contribution < -0.4 is 45.8 Å². The van der Waals surface area contributed by atoms with Crippen LogP contribution in [0.4, 0.5) is 0 Å². The zero-order valence-corrected chi connectivity index (χ0v) is 12.8. The minimum Gasteiger partial charge on any atom is -0.511 e. The minimum atomic E-state index is -1.64. The zero-order valence-electron chi connectivity index (χ0n) is 10.8. The van der Waals surface area contributed by atoms with Gasteiger partial charge in [-0.2, -0.15) is 0 Å². The van der Waals surface area contributed by atoms with Crippen LogP contribution in [0.15, 0.2) is 9.59 Å². The first kappa shape index (κ1) is 17.4. The quantitative estimate of drug-likeness (QED) is 0.321. The Hall–Kier alpha value is -0.680. The van der Waals surface area contributed by atoms with Crippen LogP contribution >= 0.6 is 0 Å². The van der Waals surface area contributed by atoms with Crippen LogP contribution in [0.1, 0.15) is 18.6 Å². The van der Waals surface area contributed by atoms with Gasteiger partial charge in [-0.05, 0) is 6.92 Å². The van der Waals surface area contributed by atoms with Gasteiger partial charge >= 0.3 is 29.6 Å². The molecule has 1 fully saturated rings. The summed E-state index contributed by atoms with van der Waals surface area (Å²) >= 11 is 0. The molecule has 5 N–H and O–H groups in total. The van der Waals surface area contributed by atoms with E-state index in [1.807, 2.05) is 4.98 Å². The van der Waals surface area contributed by atoms with Crippen LogP contribution in [0.5, 0.6) is 5.88 Å². The van der Waals surface area contributed by atoms with E-state index in [1.165, 1.54) is 6.92 Å². The van der Waals surface area contributed by atoms with Crippen molar-refractivity contribution in [1.82, 2.24) is 9.97 Å². The summed E-state index contributed by atoms with van der Waals surface area (Å²) in [5, 5.41) is 38.5. The molecule has 2 rings (SSSR count). The monoisotopic (exact) mass is 296 g/mol. The number of hydrogen-bond donors (Lipinski definition) is 5. The van der Waals surface area contributed by atoms with Gasteiger partial charge in [-0.15, -0.1) is 0 Å². The molecule has 1 aliphatic rings. The van der Waals surface area contributed by atoms with E-state index in [4.69, 9.17) is 4.74 Å². The molecule has 0 radical (unpaired) electrons. The molecule has 0 saturated carbocycles. The van der Waals surface area contributed by atoms with E-state index >= 15 is 0 Å². The Bertz CT molecular complexity index is 586. The van der Waals surface area contributed by atoms with Crippen LogP contribution in [-0.2, 0) is 4.74 Å². The Balaban J connectivity index is 0.00000200. The summed E-state index contributed by atoms with van der Waals surface area (Å²) in [5.74, 6) is -0.881. The second-order valence-electron chi connectivity index (χ2n) is 4.34. The molecule has 5 atom stereocenters. The Morgan fingerprint density at radius 3 is 2.30 bits per heavy atom. The standard InChI is InChI=1S/C10H14N2O7.Na/c1-2-4(13)5(14)6(15)7(19-2)3-8(16)11-10(18)12-9(3)17;/h2,4-7,13-15H,1H3,(H3,11,12,16,17,18);/q;+1/p-1/t2-,4-,5+,6-,7+;/m1./s1. The van der Waals surface area contributed by atoms with Gasteiger partial charge in [0.2, 0.25) is 0 Å². The van der Waals surface area contributed by atoms with Gasteiger partial charge in [-0.1, -0.05) is 0 Å². The minimum absolute atomic E-state index is 0. The number of aromatic nitrogens is 2. The van der Waals surface area contributed by atoms with Crippen LogP contribution in [0.3, 0.4) is 0 Å². The SMILES string of the molecule is C[C@H]1O[C@@H](c2c(O)[n-]c(=O)[nH]c2=O)[C@H](O)[C@@H](O)[C@@H]1O.[Na+]. The van der Waals surface area contributed by atoms with Crippen LogP contribution in [0.25, 0.3) is 0 Å². The maximum Gasteiger partial charge on any atom is 1.00 e. The van der Waals surface area contributed by atoms with E-state index < -0.39 is 53.2 Å². The van der Waals surface area contributed by atoms with E-state index in [2.05, 4.69) is 4.98 Å². The molecule has 20 heavy (non-hydrogen) atoms. The number of rotatable bonds is 1. The molecule has 1 aromatic rings. The molecule has 106 valence electrons. The fraction of sp³-hybridized carbons (Fsp3) is 0.600. The number of aliphatic hydroxyl groups is 3. The second-order valence-corrected chi connectivity index (χ2v) is 4.34. The Labute approximate surface area is 134 Å². The van der Waals surface area contributed by atoms with Crippen molar-refractivity contribution >= 4 is 0 Å². The van der Waals surface area contributed by atoms with Gasteiger partial charge in [0.05, 0.1) is 11.7 Å². The molecule has 1 saturated heterocycles. The number of aromatic amines is 1. The summed E-state index contributed by atoms with van der Waals surface area (Å²) in [6.45, 7) is 1.42. The largest absolute Gasteiger partial charge is 1.00 e. The van der Waals surface area contributed by atoms with Gasteiger partial charge in [0.25, 0.3) is 0 Å². The number of H-pyrrole nitrogens is 1. The molecular formula is C10H13N2NaO7. The third kappa shape index (κ3) is 2.98. The number of aliphatic hydroxyl groups excluding tert-OH is 3. The first-order valence-corrected chi connectivity index (χ1v) is 5.52. The third-order valence-electron chi connectivity index (χ3n) is 3.05. The third-order valence-corrected chi connectivity index (χ3v) is 3.05. The predicted molar refractivity (Wildman–Crippen MR) is 59.6 cm³/mol. The summed E-state index contributed by atoms with van der Waals surface area (Å²) in [7, 11) is 0. The summed E-state index contributed by atoms with van der Waals surface area (Å²) in [5.41, 5.74) is -2.48. The fourth-order valence-corrected chi connectivity index (χ4v) is 2.00. The molecular weight excluding hydrogens is 283 g/mol. The second kappa shape index (κ2) is 6.39. The van der Waals surface area contributed by atoms with Crippen molar-refractivity contribution < 1.29 is 54.7 Å². The van der Waals surface area contributed by atoms with E-state index in [0.717, 1.165) is 0 Å². The van der Waals surface area contributed by atoms with Crippen molar-refractivity contribution in [3.05, 3.63) is 26.4 Å². The Morgan fingerprint density at radius 1 is 1.15 bits per heavy atom. The van der Waals surface area contributed by atoms with Crippen molar-refractivity contribution in [1.29, 1.82) is 0 Å². The Kier molecular flexibility index (Phi) is 5.55. The summed E-state index contributed by atoms with van der Waals surface area (Å²) in [6, 6.07) is 0. The van der Waals surface area contributed by atoms with E-state index in [0.29, 0.717) is 0 Å². The number of nitrogens with zero attached hydrogens (tertiary/aromatic N) is 1.